The van der Waals surface area contributed by atoms with Crippen LogP contribution in [0.4, 0.5) is 0 Å². The number of carbonyl (C=O) groups excluding carboxylic acids is 2. The van der Waals surface area contributed by atoms with Gasteiger partial charge in [-0.05, 0) is 52.6 Å². The summed E-state index contributed by atoms with van der Waals surface area (Å²) in [6.45, 7) is 2.38. The number of sulfonamides is 1. The fourth-order valence-electron chi connectivity index (χ4n) is 5.90. The van der Waals surface area contributed by atoms with E-state index in [1.807, 2.05) is 85.9 Å². The van der Waals surface area contributed by atoms with Crippen LogP contribution in [0.2, 0.25) is 0 Å². The molecular formula is C35H30N4O4S. The molecule has 0 saturated carbocycles. The molecule has 2 amide bonds. The minimum absolute atomic E-state index is 0.278. The number of rotatable bonds is 6. The first-order chi connectivity index (χ1) is 21.3. The molecule has 0 atom stereocenters. The van der Waals surface area contributed by atoms with E-state index in [1.165, 1.54) is 4.31 Å². The standard InChI is InChI=1S/C35H30N4O4S/c1-38-19-21-39(22-20-38)44(42,43)29-17-15-26(16-18-29)25-9-13-28(14-10-25)33-31-30(34(40)37-33)32(36-35(31)41)27-11-7-24(8-12-27)23-5-3-2-4-6-23/h2-18H,19-22H2,1H3,(H,36,41)(H,37,40). The number of amides is 2. The summed E-state index contributed by atoms with van der Waals surface area (Å²) < 4.78 is 27.7. The maximum Gasteiger partial charge on any atom is 0.258 e. The zero-order chi connectivity index (χ0) is 30.4. The Hall–Kier alpha value is -4.83. The Bertz CT molecular complexity index is 1940. The molecule has 3 aliphatic rings. The summed E-state index contributed by atoms with van der Waals surface area (Å²) in [6.07, 6.45) is 0. The van der Waals surface area contributed by atoms with Crippen molar-refractivity contribution < 1.29 is 18.0 Å². The summed E-state index contributed by atoms with van der Waals surface area (Å²) in [4.78, 5) is 28.7. The lowest BCUT2D eigenvalue weighted by atomic mass is 9.99. The third-order valence-electron chi connectivity index (χ3n) is 8.42. The molecule has 7 rings (SSSR count). The van der Waals surface area contributed by atoms with Crippen molar-refractivity contribution in [3.63, 3.8) is 0 Å². The fraction of sp³-hybridized carbons (Fsp3) is 0.143. The molecule has 3 heterocycles. The Morgan fingerprint density at radius 1 is 0.523 bits per heavy atom. The van der Waals surface area contributed by atoms with Gasteiger partial charge in [-0.1, -0.05) is 91.0 Å². The van der Waals surface area contributed by atoms with Crippen molar-refractivity contribution in [1.29, 1.82) is 0 Å². The van der Waals surface area contributed by atoms with Gasteiger partial charge in [-0.15, -0.1) is 0 Å². The Balaban J connectivity index is 1.13. The van der Waals surface area contributed by atoms with Crippen LogP contribution in [0.5, 0.6) is 0 Å². The summed E-state index contributed by atoms with van der Waals surface area (Å²) in [5.41, 5.74) is 7.00. The highest BCUT2D eigenvalue weighted by atomic mass is 32.2. The zero-order valence-corrected chi connectivity index (χ0v) is 24.9. The summed E-state index contributed by atoms with van der Waals surface area (Å²) in [6, 6.07) is 32.2. The summed E-state index contributed by atoms with van der Waals surface area (Å²) in [5, 5.41) is 5.81. The second-order valence-electron chi connectivity index (χ2n) is 11.2. The molecule has 0 aliphatic carbocycles. The minimum Gasteiger partial charge on any atom is -0.321 e. The van der Waals surface area contributed by atoms with E-state index in [2.05, 4.69) is 15.5 Å². The molecule has 2 N–H and O–H groups in total. The lowest BCUT2D eigenvalue weighted by Gasteiger charge is -2.31. The third-order valence-corrected chi connectivity index (χ3v) is 10.3. The summed E-state index contributed by atoms with van der Waals surface area (Å²) in [5.74, 6) is -0.645. The molecule has 0 unspecified atom stereocenters. The highest BCUT2D eigenvalue weighted by molar-refractivity contribution is 7.89. The van der Waals surface area contributed by atoms with Gasteiger partial charge < -0.3 is 15.5 Å². The van der Waals surface area contributed by atoms with Crippen molar-refractivity contribution in [2.75, 3.05) is 33.2 Å². The SMILES string of the molecule is CN1CCN(S(=O)(=O)c2ccc(-c3ccc(C4=C5C(=O)NC(c6ccc(-c7ccccc7)cc6)=C5C(=O)N4)cc3)cc2)CC1. The molecule has 220 valence electrons. The molecule has 0 aromatic heterocycles. The van der Waals surface area contributed by atoms with Crippen molar-refractivity contribution in [1.82, 2.24) is 19.8 Å². The van der Waals surface area contributed by atoms with Gasteiger partial charge in [0.25, 0.3) is 11.8 Å². The molecule has 3 aliphatic heterocycles. The van der Waals surface area contributed by atoms with Crippen LogP contribution < -0.4 is 10.6 Å². The Morgan fingerprint density at radius 3 is 1.36 bits per heavy atom. The lowest BCUT2D eigenvalue weighted by molar-refractivity contribution is -0.117. The molecule has 8 nitrogen and oxygen atoms in total. The number of hydrogen-bond acceptors (Lipinski definition) is 5. The number of hydrogen-bond donors (Lipinski definition) is 2. The van der Waals surface area contributed by atoms with E-state index in [0.717, 1.165) is 27.8 Å². The molecule has 4 aromatic rings. The molecule has 44 heavy (non-hydrogen) atoms. The monoisotopic (exact) mass is 602 g/mol. The van der Waals surface area contributed by atoms with E-state index in [4.69, 9.17) is 0 Å². The molecular weight excluding hydrogens is 572 g/mol. The second-order valence-corrected chi connectivity index (χ2v) is 13.1. The highest BCUT2D eigenvalue weighted by Crippen LogP contribution is 2.38. The maximum absolute atomic E-state index is 13.1. The third kappa shape index (κ3) is 4.94. The van der Waals surface area contributed by atoms with Crippen molar-refractivity contribution in [2.45, 2.75) is 4.90 Å². The van der Waals surface area contributed by atoms with Gasteiger partial charge in [0.2, 0.25) is 10.0 Å². The number of likely N-dealkylation sites (N-methyl/N-ethyl adjacent to an activating group) is 1. The first-order valence-corrected chi connectivity index (χ1v) is 15.9. The van der Waals surface area contributed by atoms with Crippen LogP contribution in [0.15, 0.2) is 119 Å². The van der Waals surface area contributed by atoms with Gasteiger partial charge in [-0.3, -0.25) is 9.59 Å². The molecule has 0 spiro atoms. The van der Waals surface area contributed by atoms with E-state index in [0.29, 0.717) is 54.3 Å². The molecule has 4 aromatic carbocycles. The van der Waals surface area contributed by atoms with Crippen LogP contribution in [-0.4, -0.2) is 62.7 Å². The van der Waals surface area contributed by atoms with Crippen molar-refractivity contribution >= 4 is 33.2 Å². The van der Waals surface area contributed by atoms with Crippen molar-refractivity contribution in [3.05, 3.63) is 125 Å². The molecule has 1 fully saturated rings. The van der Waals surface area contributed by atoms with Crippen LogP contribution in [0.1, 0.15) is 11.1 Å². The number of carbonyl (C=O) groups is 2. The van der Waals surface area contributed by atoms with Crippen LogP contribution in [0.25, 0.3) is 33.6 Å². The summed E-state index contributed by atoms with van der Waals surface area (Å²) in [7, 11) is -1.55. The maximum atomic E-state index is 13.1. The van der Waals surface area contributed by atoms with Gasteiger partial charge in [0, 0.05) is 26.2 Å². The number of piperazine rings is 1. The number of fused-ring (bicyclic) bond motifs is 1. The molecule has 0 radical (unpaired) electrons. The predicted octanol–water partition coefficient (Wildman–Crippen LogP) is 4.34. The first-order valence-electron chi connectivity index (χ1n) is 14.5. The van der Waals surface area contributed by atoms with Crippen molar-refractivity contribution in [3.8, 4) is 22.3 Å². The normalized spacial score (nSPS) is 17.6. The zero-order valence-electron chi connectivity index (χ0n) is 24.1. The van der Waals surface area contributed by atoms with Crippen LogP contribution in [0.3, 0.4) is 0 Å². The van der Waals surface area contributed by atoms with Gasteiger partial charge in [0.1, 0.15) is 0 Å². The molecule has 9 heteroatoms. The predicted molar refractivity (Wildman–Crippen MR) is 170 cm³/mol. The second kappa shape index (κ2) is 11.0. The Kier molecular flexibility index (Phi) is 7.01. The Labute approximate surface area is 256 Å². The largest absolute Gasteiger partial charge is 0.321 e. The Morgan fingerprint density at radius 2 is 0.909 bits per heavy atom. The van der Waals surface area contributed by atoms with Crippen LogP contribution in [-0.2, 0) is 19.6 Å². The van der Waals surface area contributed by atoms with E-state index in [-0.39, 0.29) is 16.7 Å². The van der Waals surface area contributed by atoms with Crippen molar-refractivity contribution in [2.24, 2.45) is 0 Å². The molecule has 1 saturated heterocycles. The van der Waals surface area contributed by atoms with E-state index < -0.39 is 10.0 Å². The number of nitrogens with one attached hydrogen (secondary N) is 2. The van der Waals surface area contributed by atoms with Gasteiger partial charge in [-0.2, -0.15) is 4.31 Å². The van der Waals surface area contributed by atoms with Gasteiger partial charge in [0.15, 0.2) is 0 Å². The summed E-state index contributed by atoms with van der Waals surface area (Å²) >= 11 is 0. The van der Waals surface area contributed by atoms with Crippen LogP contribution in [0, 0.1) is 0 Å². The lowest BCUT2D eigenvalue weighted by Crippen LogP contribution is -2.46. The topological polar surface area (TPSA) is 98.8 Å². The fourth-order valence-corrected chi connectivity index (χ4v) is 7.32. The van der Waals surface area contributed by atoms with E-state index >= 15 is 0 Å². The van der Waals surface area contributed by atoms with Gasteiger partial charge in [0.05, 0.1) is 27.4 Å². The quantitative estimate of drug-likeness (QED) is 0.342. The average Bonchev–Trinajstić information content (AvgIpc) is 3.59. The smallest absolute Gasteiger partial charge is 0.258 e. The molecule has 0 bridgehead atoms. The van der Waals surface area contributed by atoms with Gasteiger partial charge in [-0.25, -0.2) is 8.42 Å². The van der Waals surface area contributed by atoms with E-state index in [9.17, 15) is 18.0 Å². The van der Waals surface area contributed by atoms with E-state index in [1.54, 1.807) is 24.3 Å². The van der Waals surface area contributed by atoms with Gasteiger partial charge >= 0.3 is 0 Å². The first kappa shape index (κ1) is 28.0. The average molecular weight is 603 g/mol. The number of benzene rings is 4. The van der Waals surface area contributed by atoms with Crippen LogP contribution >= 0.6 is 0 Å². The minimum atomic E-state index is -3.54. The highest BCUT2D eigenvalue weighted by Gasteiger charge is 2.40. The number of nitrogens with zero attached hydrogens (tertiary/aromatic N) is 2.